The number of esters is 2. The molecule has 9 heteroatoms. The van der Waals surface area contributed by atoms with E-state index in [2.05, 4.69) is 74.6 Å². The first-order chi connectivity index (χ1) is 42.1. The molecule has 2 unspecified atom stereocenters. The standard InChI is InChI=1S/C77H141NO8/c1-6-8-10-12-14-16-18-20-22-24-26-28-30-32-34-35-36-37-38-39-40-42-43-45-47-49-51-53-55-57-59-61-63-65-67-74(79)84-71-73(72-85-77(76(81)82)83-70-69-78(3,4)5)86-75(80)68-66-64-62-60-58-56-54-52-50-48-46-44-41-33-31-29-27-25-23-21-19-17-15-13-11-9-7-2/h9,11,15,17,21,23,27,29,33,41,73,77H,6-8,10,12-14,16,18-20,22,24-26,28,30-32,34-40,42-72H2,1-5H3/b11-9-,17-15-,23-21-,29-27-,41-33-. The molecule has 9 nitrogen and oxygen atoms in total. The Morgan fingerprint density at radius 1 is 0.360 bits per heavy atom. The largest absolute Gasteiger partial charge is 0.545 e. The lowest BCUT2D eigenvalue weighted by molar-refractivity contribution is -0.870. The van der Waals surface area contributed by atoms with Crippen molar-refractivity contribution in [1.82, 2.24) is 0 Å². The molecule has 0 radical (unpaired) electrons. The highest BCUT2D eigenvalue weighted by Gasteiger charge is 2.22. The minimum atomic E-state index is -1.62. The van der Waals surface area contributed by atoms with Crippen LogP contribution in [0.25, 0.3) is 0 Å². The number of unbranched alkanes of at least 4 members (excludes halogenated alkanes) is 44. The van der Waals surface area contributed by atoms with Gasteiger partial charge in [-0.25, -0.2) is 0 Å². The number of carboxylic acids is 1. The van der Waals surface area contributed by atoms with Crippen LogP contribution in [0.3, 0.4) is 0 Å². The van der Waals surface area contributed by atoms with Gasteiger partial charge < -0.3 is 33.3 Å². The quantitative estimate of drug-likeness (QED) is 0.0195. The van der Waals surface area contributed by atoms with Gasteiger partial charge in [0.15, 0.2) is 12.4 Å². The molecule has 0 aliphatic carbocycles. The van der Waals surface area contributed by atoms with Crippen molar-refractivity contribution in [1.29, 1.82) is 0 Å². The monoisotopic (exact) mass is 1210 g/mol. The van der Waals surface area contributed by atoms with Gasteiger partial charge in [0.05, 0.1) is 40.3 Å². The van der Waals surface area contributed by atoms with E-state index in [1.54, 1.807) is 0 Å². The zero-order chi connectivity index (χ0) is 62.6. The summed E-state index contributed by atoms with van der Waals surface area (Å²) in [6, 6.07) is 0. The van der Waals surface area contributed by atoms with Crippen LogP contribution in [-0.4, -0.2) is 82.3 Å². The molecule has 0 aliphatic rings. The number of ether oxygens (including phenoxy) is 4. The molecule has 0 heterocycles. The highest BCUT2D eigenvalue weighted by Crippen LogP contribution is 2.19. The summed E-state index contributed by atoms with van der Waals surface area (Å²) in [4.78, 5) is 37.5. The molecule has 0 fully saturated rings. The number of hydrogen-bond donors (Lipinski definition) is 0. The Morgan fingerprint density at radius 2 is 0.663 bits per heavy atom. The summed E-state index contributed by atoms with van der Waals surface area (Å²) in [5.41, 5.74) is 0. The van der Waals surface area contributed by atoms with Crippen molar-refractivity contribution >= 4 is 17.9 Å². The Bertz CT molecular complexity index is 1600. The molecular weight excluding hydrogens is 1070 g/mol. The number of likely N-dealkylation sites (N-methyl/N-ethyl adjacent to an activating group) is 1. The minimum Gasteiger partial charge on any atom is -0.545 e. The average molecular weight is 1210 g/mol. The van der Waals surface area contributed by atoms with E-state index in [0.717, 1.165) is 77.0 Å². The predicted molar refractivity (Wildman–Crippen MR) is 366 cm³/mol. The molecule has 0 saturated carbocycles. The Kier molecular flexibility index (Phi) is 65.5. The Morgan fingerprint density at radius 3 is 0.988 bits per heavy atom. The van der Waals surface area contributed by atoms with Gasteiger partial charge in [0.1, 0.15) is 13.2 Å². The summed E-state index contributed by atoms with van der Waals surface area (Å²) in [6.45, 7) is 4.69. The van der Waals surface area contributed by atoms with E-state index in [1.807, 2.05) is 21.1 Å². The molecular formula is C77H141NO8. The number of rotatable bonds is 69. The summed E-state index contributed by atoms with van der Waals surface area (Å²) in [6.07, 6.45) is 86.1. The van der Waals surface area contributed by atoms with Crippen molar-refractivity contribution in [3.8, 4) is 0 Å². The van der Waals surface area contributed by atoms with E-state index in [4.69, 9.17) is 18.9 Å². The summed E-state index contributed by atoms with van der Waals surface area (Å²) >= 11 is 0. The number of allylic oxidation sites excluding steroid dienone is 10. The Labute approximate surface area is 533 Å². The normalized spacial score (nSPS) is 13.0. The highest BCUT2D eigenvalue weighted by atomic mass is 16.7. The average Bonchev–Trinajstić information content (AvgIpc) is 3.64. The Balaban J connectivity index is 4.03. The fourth-order valence-corrected chi connectivity index (χ4v) is 10.9. The zero-order valence-electron chi connectivity index (χ0n) is 57.4. The molecule has 0 aromatic rings. The van der Waals surface area contributed by atoms with E-state index in [1.165, 1.54) is 244 Å². The third-order valence-electron chi connectivity index (χ3n) is 16.5. The van der Waals surface area contributed by atoms with E-state index >= 15 is 0 Å². The number of quaternary nitrogens is 1. The van der Waals surface area contributed by atoms with Crippen molar-refractivity contribution in [2.24, 2.45) is 0 Å². The molecule has 0 amide bonds. The predicted octanol–water partition coefficient (Wildman–Crippen LogP) is 21.8. The van der Waals surface area contributed by atoms with Crippen LogP contribution in [0.5, 0.6) is 0 Å². The van der Waals surface area contributed by atoms with Crippen LogP contribution in [0.1, 0.15) is 354 Å². The van der Waals surface area contributed by atoms with Gasteiger partial charge in [-0.2, -0.15) is 0 Å². The van der Waals surface area contributed by atoms with Gasteiger partial charge in [-0.1, -0.05) is 344 Å². The van der Waals surface area contributed by atoms with Gasteiger partial charge in [0.2, 0.25) is 0 Å². The molecule has 2 atom stereocenters. The van der Waals surface area contributed by atoms with Crippen LogP contribution in [0.15, 0.2) is 60.8 Å². The van der Waals surface area contributed by atoms with Crippen LogP contribution < -0.4 is 5.11 Å². The van der Waals surface area contributed by atoms with Gasteiger partial charge in [-0.3, -0.25) is 9.59 Å². The lowest BCUT2D eigenvalue weighted by Crippen LogP contribution is -2.44. The first kappa shape index (κ1) is 83.0. The van der Waals surface area contributed by atoms with Crippen LogP contribution in [0.4, 0.5) is 0 Å². The van der Waals surface area contributed by atoms with Crippen LogP contribution in [0.2, 0.25) is 0 Å². The van der Waals surface area contributed by atoms with Gasteiger partial charge in [-0.05, 0) is 57.8 Å². The Hall–Kier alpha value is -3.01. The number of nitrogens with zero attached hydrogens (tertiary/aromatic N) is 1. The van der Waals surface area contributed by atoms with Crippen molar-refractivity contribution in [2.75, 3.05) is 47.5 Å². The molecule has 0 aromatic carbocycles. The number of carbonyl (C=O) groups excluding carboxylic acids is 3. The van der Waals surface area contributed by atoms with Crippen molar-refractivity contribution in [3.05, 3.63) is 60.8 Å². The third kappa shape index (κ3) is 68.5. The second-order valence-corrected chi connectivity index (χ2v) is 26.2. The van der Waals surface area contributed by atoms with Crippen LogP contribution in [-0.2, 0) is 33.3 Å². The molecule has 0 N–H and O–H groups in total. The van der Waals surface area contributed by atoms with E-state index in [9.17, 15) is 19.5 Å². The van der Waals surface area contributed by atoms with Gasteiger partial charge in [0.25, 0.3) is 0 Å². The van der Waals surface area contributed by atoms with Gasteiger partial charge in [0, 0.05) is 12.8 Å². The minimum absolute atomic E-state index is 0.147. The second kappa shape index (κ2) is 67.9. The van der Waals surface area contributed by atoms with Crippen molar-refractivity contribution in [2.45, 2.75) is 367 Å². The van der Waals surface area contributed by atoms with Crippen molar-refractivity contribution in [3.63, 3.8) is 0 Å². The molecule has 0 rings (SSSR count). The van der Waals surface area contributed by atoms with E-state index in [0.29, 0.717) is 23.9 Å². The SMILES string of the molecule is CC/C=C\C/C=C\C/C=C\C/C=C\C/C=C\CCCCCCCCCCCCCC(=O)OC(COC(=O)CCCCCCCCCCCCCCCCCCCCCCCCCCCCCCCCCCCC)COC(OCC[N+](C)(C)C)C(=O)[O-]. The molecule has 0 spiro atoms. The first-order valence-corrected chi connectivity index (χ1v) is 36.9. The fourth-order valence-electron chi connectivity index (χ4n) is 10.9. The number of hydrogen-bond acceptors (Lipinski definition) is 8. The molecule has 0 saturated heterocycles. The maximum absolute atomic E-state index is 12.9. The maximum Gasteiger partial charge on any atom is 0.306 e. The number of aliphatic carboxylic acids is 1. The fraction of sp³-hybridized carbons (Fsp3) is 0.831. The summed E-state index contributed by atoms with van der Waals surface area (Å²) in [5, 5.41) is 11.8. The molecule has 86 heavy (non-hydrogen) atoms. The first-order valence-electron chi connectivity index (χ1n) is 36.9. The highest BCUT2D eigenvalue weighted by molar-refractivity contribution is 5.70. The smallest absolute Gasteiger partial charge is 0.306 e. The number of carbonyl (C=O) groups is 3. The molecule has 0 aliphatic heterocycles. The third-order valence-corrected chi connectivity index (χ3v) is 16.5. The van der Waals surface area contributed by atoms with Gasteiger partial charge >= 0.3 is 11.9 Å². The van der Waals surface area contributed by atoms with Crippen LogP contribution >= 0.6 is 0 Å². The van der Waals surface area contributed by atoms with Gasteiger partial charge in [-0.15, -0.1) is 0 Å². The molecule has 0 bridgehead atoms. The molecule has 502 valence electrons. The molecule has 0 aromatic heterocycles. The van der Waals surface area contributed by atoms with E-state index < -0.39 is 24.3 Å². The summed E-state index contributed by atoms with van der Waals surface area (Å²) < 4.78 is 22.8. The van der Waals surface area contributed by atoms with E-state index in [-0.39, 0.29) is 32.2 Å². The lowest BCUT2D eigenvalue weighted by atomic mass is 10.0. The summed E-state index contributed by atoms with van der Waals surface area (Å²) in [5.74, 6) is -2.27. The summed E-state index contributed by atoms with van der Waals surface area (Å²) in [7, 11) is 5.94. The van der Waals surface area contributed by atoms with Crippen molar-refractivity contribution < 1.29 is 42.9 Å². The van der Waals surface area contributed by atoms with Crippen LogP contribution in [0, 0.1) is 0 Å². The second-order valence-electron chi connectivity index (χ2n) is 26.2. The lowest BCUT2D eigenvalue weighted by Gasteiger charge is -2.26. The number of carboxylic acid groups (broad SMARTS) is 1. The topological polar surface area (TPSA) is 111 Å². The zero-order valence-corrected chi connectivity index (χ0v) is 57.4. The maximum atomic E-state index is 12.9.